The third kappa shape index (κ3) is 23.9. The van der Waals surface area contributed by atoms with Gasteiger partial charge in [0.15, 0.2) is 0 Å². The predicted molar refractivity (Wildman–Crippen MR) is 161 cm³/mol. The molecule has 0 aliphatic rings. The summed E-state index contributed by atoms with van der Waals surface area (Å²) in [7, 11) is 0. The SMILES string of the molecule is C=CC(C)c1ccccc1.C=CCC.CC.CC/C=C/C(C)c1ccccc1.[CH2+]C/C=C/CC. The highest BCUT2D eigenvalue weighted by Crippen LogP contribution is 2.15. The maximum absolute atomic E-state index is 3.74. The van der Waals surface area contributed by atoms with Gasteiger partial charge in [-0.2, -0.15) is 0 Å². The van der Waals surface area contributed by atoms with Crippen molar-refractivity contribution in [2.45, 2.75) is 86.0 Å². The molecule has 188 valence electrons. The van der Waals surface area contributed by atoms with Gasteiger partial charge < -0.3 is 0 Å². The number of hydrogen-bond acceptors (Lipinski definition) is 0. The summed E-state index contributed by atoms with van der Waals surface area (Å²) < 4.78 is 0. The number of rotatable bonds is 8. The maximum atomic E-state index is 3.74. The molecular formula is C34H53+. The van der Waals surface area contributed by atoms with Gasteiger partial charge in [-0.3, -0.25) is 0 Å². The quantitative estimate of drug-likeness (QED) is 0.271. The Bertz CT molecular complexity index is 685. The molecular weight excluding hydrogens is 408 g/mol. The second kappa shape index (κ2) is 30.3. The summed E-state index contributed by atoms with van der Waals surface area (Å²) >= 11 is 0. The van der Waals surface area contributed by atoms with Crippen molar-refractivity contribution in [1.82, 2.24) is 0 Å². The fraction of sp³-hybridized carbons (Fsp3) is 0.382. The Morgan fingerprint density at radius 1 is 0.676 bits per heavy atom. The van der Waals surface area contributed by atoms with Crippen molar-refractivity contribution in [3.8, 4) is 0 Å². The summed E-state index contributed by atoms with van der Waals surface area (Å²) in [5.74, 6) is 1.02. The fourth-order valence-electron chi connectivity index (χ4n) is 2.39. The van der Waals surface area contributed by atoms with E-state index in [1.807, 2.05) is 32.1 Å². The average molecular weight is 462 g/mol. The lowest BCUT2D eigenvalue weighted by molar-refractivity contribution is 0.957. The molecule has 0 nitrogen and oxygen atoms in total. The summed E-state index contributed by atoms with van der Waals surface area (Å²) in [4.78, 5) is 0. The highest BCUT2D eigenvalue weighted by Gasteiger charge is 1.98. The molecule has 0 aromatic heterocycles. The van der Waals surface area contributed by atoms with Gasteiger partial charge in [0, 0.05) is 0 Å². The van der Waals surface area contributed by atoms with Gasteiger partial charge in [0.2, 0.25) is 0 Å². The second-order valence-electron chi connectivity index (χ2n) is 7.34. The lowest BCUT2D eigenvalue weighted by Crippen LogP contribution is -1.86. The van der Waals surface area contributed by atoms with Gasteiger partial charge in [0.25, 0.3) is 0 Å². The van der Waals surface area contributed by atoms with Crippen LogP contribution in [0.2, 0.25) is 0 Å². The first kappa shape index (κ1) is 35.9. The van der Waals surface area contributed by atoms with Crippen molar-refractivity contribution in [3.05, 3.63) is 128 Å². The molecule has 2 unspecified atom stereocenters. The second-order valence-corrected chi connectivity index (χ2v) is 7.34. The summed E-state index contributed by atoms with van der Waals surface area (Å²) in [6.45, 7) is 25.6. The van der Waals surface area contributed by atoms with E-state index in [4.69, 9.17) is 0 Å². The zero-order valence-corrected chi connectivity index (χ0v) is 23.3. The summed E-state index contributed by atoms with van der Waals surface area (Å²) in [6.07, 6.45) is 16.8. The van der Waals surface area contributed by atoms with E-state index in [1.54, 1.807) is 0 Å². The zero-order chi connectivity index (χ0) is 26.5. The van der Waals surface area contributed by atoms with Crippen LogP contribution in [0, 0.1) is 6.92 Å². The lowest BCUT2D eigenvalue weighted by atomic mass is 10.0. The molecule has 2 rings (SSSR count). The molecule has 0 saturated carbocycles. The van der Waals surface area contributed by atoms with Gasteiger partial charge >= 0.3 is 0 Å². The molecule has 2 atom stereocenters. The van der Waals surface area contributed by atoms with E-state index in [1.165, 1.54) is 11.1 Å². The Morgan fingerprint density at radius 3 is 1.38 bits per heavy atom. The Morgan fingerprint density at radius 2 is 1.09 bits per heavy atom. The third-order valence-corrected chi connectivity index (χ3v) is 4.52. The zero-order valence-electron chi connectivity index (χ0n) is 23.3. The highest BCUT2D eigenvalue weighted by atomic mass is 14.0. The van der Waals surface area contributed by atoms with Gasteiger partial charge in [-0.1, -0.05) is 140 Å². The van der Waals surface area contributed by atoms with E-state index in [-0.39, 0.29) is 0 Å². The highest BCUT2D eigenvalue weighted by molar-refractivity contribution is 5.23. The van der Waals surface area contributed by atoms with Crippen molar-refractivity contribution in [1.29, 1.82) is 0 Å². The van der Waals surface area contributed by atoms with E-state index in [0.29, 0.717) is 11.8 Å². The van der Waals surface area contributed by atoms with Crippen LogP contribution in [0.3, 0.4) is 0 Å². The topological polar surface area (TPSA) is 0 Å². The van der Waals surface area contributed by atoms with E-state index in [9.17, 15) is 0 Å². The van der Waals surface area contributed by atoms with Crippen LogP contribution in [0.5, 0.6) is 0 Å². The lowest BCUT2D eigenvalue weighted by Gasteiger charge is -2.04. The fourth-order valence-corrected chi connectivity index (χ4v) is 2.39. The minimum atomic E-state index is 0.473. The Labute approximate surface area is 214 Å². The molecule has 0 heterocycles. The third-order valence-electron chi connectivity index (χ3n) is 4.52. The first-order valence-corrected chi connectivity index (χ1v) is 13.0. The molecule has 0 heteroatoms. The largest absolute Gasteiger partial charge is 0.103 e. The van der Waals surface area contributed by atoms with Crippen molar-refractivity contribution in [2.75, 3.05) is 0 Å². The molecule has 0 amide bonds. The molecule has 0 fully saturated rings. The van der Waals surface area contributed by atoms with E-state index >= 15 is 0 Å². The van der Waals surface area contributed by atoms with Crippen LogP contribution in [0.4, 0.5) is 0 Å². The molecule has 2 aromatic rings. The maximum Gasteiger partial charge on any atom is 0.103 e. The standard InChI is InChI=1S/C12H16.C10H12.C6H11.C4H8.C2H6/c1-3-4-8-11(2)12-9-6-5-7-10-12;1-3-9(2)10-7-5-4-6-8-10;1-3-5-6-4-2;1-3-4-2;1-2/h4-11H,3H2,1-2H3;3-9H,1H2,2H3;5-6H,1,3-4H2,2H3;3H,1,4H2,2H3;1-2H3/q;;+1;;/b8-4+;;6-5+;;. The normalized spacial score (nSPS) is 11.1. The minimum absolute atomic E-state index is 0.473. The summed E-state index contributed by atoms with van der Waals surface area (Å²) in [5, 5.41) is 0. The van der Waals surface area contributed by atoms with Crippen molar-refractivity contribution >= 4 is 0 Å². The first-order valence-electron chi connectivity index (χ1n) is 13.0. The molecule has 34 heavy (non-hydrogen) atoms. The Balaban J connectivity index is -0.000000394. The average Bonchev–Trinajstić information content (AvgIpc) is 2.93. The van der Waals surface area contributed by atoms with Gasteiger partial charge in [0.1, 0.15) is 6.42 Å². The Kier molecular flexibility index (Phi) is 31.9. The number of benzene rings is 2. The van der Waals surface area contributed by atoms with Gasteiger partial charge in [-0.05, 0) is 48.3 Å². The molecule has 0 bridgehead atoms. The van der Waals surface area contributed by atoms with Crippen molar-refractivity contribution in [3.63, 3.8) is 0 Å². The summed E-state index contributed by atoms with van der Waals surface area (Å²) in [5.41, 5.74) is 2.72. The molecule has 0 saturated heterocycles. The van der Waals surface area contributed by atoms with Crippen LogP contribution in [-0.4, -0.2) is 0 Å². The van der Waals surface area contributed by atoms with Crippen LogP contribution in [0.25, 0.3) is 0 Å². The molecule has 0 N–H and O–H groups in total. The van der Waals surface area contributed by atoms with E-state index in [2.05, 4.69) is 134 Å². The predicted octanol–water partition coefficient (Wildman–Crippen LogP) is 11.5. The molecule has 0 radical (unpaired) electrons. The van der Waals surface area contributed by atoms with Crippen LogP contribution >= 0.6 is 0 Å². The van der Waals surface area contributed by atoms with Gasteiger partial charge in [-0.25, -0.2) is 0 Å². The van der Waals surface area contributed by atoms with E-state index in [0.717, 1.165) is 25.7 Å². The summed E-state index contributed by atoms with van der Waals surface area (Å²) in [6, 6.07) is 20.9. The van der Waals surface area contributed by atoms with Gasteiger partial charge in [-0.15, -0.1) is 13.2 Å². The number of hydrogen-bond donors (Lipinski definition) is 0. The van der Waals surface area contributed by atoms with Crippen molar-refractivity contribution < 1.29 is 0 Å². The van der Waals surface area contributed by atoms with Crippen LogP contribution in [-0.2, 0) is 0 Å². The van der Waals surface area contributed by atoms with Crippen LogP contribution < -0.4 is 0 Å². The molecule has 0 aliphatic heterocycles. The van der Waals surface area contributed by atoms with Crippen LogP contribution in [0.15, 0.2) is 110 Å². The van der Waals surface area contributed by atoms with E-state index < -0.39 is 0 Å². The minimum Gasteiger partial charge on any atom is -0.103 e. The monoisotopic (exact) mass is 461 g/mol. The number of allylic oxidation sites excluding steroid dienone is 6. The molecule has 0 spiro atoms. The van der Waals surface area contributed by atoms with Crippen molar-refractivity contribution in [2.24, 2.45) is 0 Å². The Hall–Kier alpha value is -2.73. The first-order chi connectivity index (χ1) is 16.5. The molecule has 0 aliphatic carbocycles. The smallest absolute Gasteiger partial charge is 0.103 e. The molecule has 2 aromatic carbocycles. The van der Waals surface area contributed by atoms with Gasteiger partial charge in [0.05, 0.1) is 6.92 Å². The van der Waals surface area contributed by atoms with Crippen LogP contribution in [0.1, 0.15) is 97.1 Å².